The molecule has 0 heterocycles. The van der Waals surface area contributed by atoms with Crippen LogP contribution in [0.25, 0.3) is 0 Å². The first-order valence-electron chi connectivity index (χ1n) is 6.21. The zero-order valence-corrected chi connectivity index (χ0v) is 12.7. The second-order valence-corrected chi connectivity index (χ2v) is 5.25. The highest BCUT2D eigenvalue weighted by Gasteiger charge is 2.09. The highest BCUT2D eigenvalue weighted by molar-refractivity contribution is 6.39. The molecule has 2 aromatic carbocycles. The number of amides is 1. The minimum Gasteiger partial charge on any atom is -0.378 e. The zero-order chi connectivity index (χ0) is 15.4. The van der Waals surface area contributed by atoms with Crippen molar-refractivity contribution in [1.29, 1.82) is 0 Å². The Balaban J connectivity index is 2.19. The minimum atomic E-state index is -0.491. The van der Waals surface area contributed by atoms with Crippen LogP contribution >= 0.6 is 23.2 Å². The smallest absolute Gasteiger partial charge is 0.221 e. The third-order valence-corrected chi connectivity index (χ3v) is 3.39. The van der Waals surface area contributed by atoms with E-state index >= 15 is 0 Å². The maximum atomic E-state index is 13.1. The van der Waals surface area contributed by atoms with Gasteiger partial charge in [0.2, 0.25) is 5.91 Å². The van der Waals surface area contributed by atoms with Crippen molar-refractivity contribution >= 4 is 40.5 Å². The number of benzene rings is 2. The molecule has 0 bridgehead atoms. The highest BCUT2D eigenvalue weighted by atomic mass is 35.5. The van der Waals surface area contributed by atoms with E-state index in [2.05, 4.69) is 10.6 Å². The summed E-state index contributed by atoms with van der Waals surface area (Å²) in [6.45, 7) is 1.83. The Kier molecular flexibility index (Phi) is 5.04. The van der Waals surface area contributed by atoms with Crippen molar-refractivity contribution in [2.75, 3.05) is 10.6 Å². The maximum Gasteiger partial charge on any atom is 0.221 e. The number of carbonyl (C=O) groups is 1. The second kappa shape index (κ2) is 6.78. The van der Waals surface area contributed by atoms with E-state index in [4.69, 9.17) is 23.2 Å². The zero-order valence-electron chi connectivity index (χ0n) is 11.2. The quantitative estimate of drug-likeness (QED) is 0.854. The van der Waals surface area contributed by atoms with E-state index in [1.54, 1.807) is 6.07 Å². The summed E-state index contributed by atoms with van der Waals surface area (Å²) >= 11 is 11.9. The number of rotatable bonds is 4. The largest absolute Gasteiger partial charge is 0.378 e. The molecule has 0 radical (unpaired) electrons. The number of para-hydroxylation sites is 1. The Morgan fingerprint density at radius 3 is 2.43 bits per heavy atom. The van der Waals surface area contributed by atoms with Crippen molar-refractivity contribution in [3.8, 4) is 0 Å². The van der Waals surface area contributed by atoms with E-state index in [0.717, 1.165) is 5.56 Å². The molecule has 21 heavy (non-hydrogen) atoms. The Hall–Kier alpha value is -1.78. The molecule has 0 spiro atoms. The van der Waals surface area contributed by atoms with Crippen molar-refractivity contribution in [3.63, 3.8) is 0 Å². The molecule has 110 valence electrons. The van der Waals surface area contributed by atoms with Gasteiger partial charge in [0, 0.05) is 19.2 Å². The number of halogens is 3. The van der Waals surface area contributed by atoms with Crippen LogP contribution in [0.2, 0.25) is 10.0 Å². The topological polar surface area (TPSA) is 41.1 Å². The Bertz CT molecular complexity index is 653. The Morgan fingerprint density at radius 1 is 1.19 bits per heavy atom. The molecule has 0 aliphatic heterocycles. The second-order valence-electron chi connectivity index (χ2n) is 4.44. The number of hydrogen-bond acceptors (Lipinski definition) is 2. The molecule has 3 nitrogen and oxygen atoms in total. The van der Waals surface area contributed by atoms with Gasteiger partial charge in [0.1, 0.15) is 5.82 Å². The summed E-state index contributed by atoms with van der Waals surface area (Å²) < 4.78 is 13.1. The third-order valence-electron chi connectivity index (χ3n) is 2.79. The van der Waals surface area contributed by atoms with E-state index < -0.39 is 5.82 Å². The van der Waals surface area contributed by atoms with Crippen molar-refractivity contribution < 1.29 is 9.18 Å². The average molecular weight is 327 g/mol. The maximum absolute atomic E-state index is 13.1. The first-order chi connectivity index (χ1) is 9.97. The lowest BCUT2D eigenvalue weighted by molar-refractivity contribution is -0.114. The van der Waals surface area contributed by atoms with E-state index in [0.29, 0.717) is 17.9 Å². The first-order valence-corrected chi connectivity index (χ1v) is 6.97. The predicted octanol–water partition coefficient (Wildman–Crippen LogP) is 4.70. The van der Waals surface area contributed by atoms with Crippen LogP contribution in [-0.4, -0.2) is 5.91 Å². The summed E-state index contributed by atoms with van der Waals surface area (Å²) in [5, 5.41) is 6.21. The molecule has 0 atom stereocenters. The molecule has 6 heteroatoms. The fourth-order valence-corrected chi connectivity index (χ4v) is 2.47. The normalized spacial score (nSPS) is 10.3. The monoisotopic (exact) mass is 326 g/mol. The van der Waals surface area contributed by atoms with E-state index in [1.165, 1.54) is 19.1 Å². The lowest BCUT2D eigenvalue weighted by atomic mass is 10.1. The summed E-state index contributed by atoms with van der Waals surface area (Å²) in [5.74, 6) is -0.644. The standard InChI is InChI=1S/C15H13Cl2FN2O/c1-9(21)20-14-5-3-2-4-10(14)8-19-15-12(16)6-11(18)7-13(15)17/h2-7,19H,8H2,1H3,(H,20,21). The number of anilines is 2. The van der Waals surface area contributed by atoms with E-state index in [1.807, 2.05) is 18.2 Å². The van der Waals surface area contributed by atoms with Crippen LogP contribution in [0.1, 0.15) is 12.5 Å². The molecular formula is C15H13Cl2FN2O. The summed E-state index contributed by atoms with van der Waals surface area (Å²) in [6, 6.07) is 9.73. The van der Waals surface area contributed by atoms with Crippen LogP contribution in [0.3, 0.4) is 0 Å². The molecule has 0 unspecified atom stereocenters. The highest BCUT2D eigenvalue weighted by Crippen LogP contribution is 2.32. The van der Waals surface area contributed by atoms with Gasteiger partial charge in [-0.15, -0.1) is 0 Å². The van der Waals surface area contributed by atoms with Crippen molar-refractivity contribution in [1.82, 2.24) is 0 Å². The molecule has 0 saturated heterocycles. The third kappa shape index (κ3) is 4.09. The summed E-state index contributed by atoms with van der Waals surface area (Å²) in [4.78, 5) is 11.2. The molecule has 0 fully saturated rings. The number of carbonyl (C=O) groups excluding carboxylic acids is 1. The van der Waals surface area contributed by atoms with Gasteiger partial charge in [0.15, 0.2) is 0 Å². The van der Waals surface area contributed by atoms with Crippen LogP contribution in [0, 0.1) is 5.82 Å². The van der Waals surface area contributed by atoms with E-state index in [9.17, 15) is 9.18 Å². The van der Waals surface area contributed by atoms with Crippen molar-refractivity contribution in [2.45, 2.75) is 13.5 Å². The minimum absolute atomic E-state index is 0.153. The van der Waals surface area contributed by atoms with Gasteiger partial charge in [-0.2, -0.15) is 0 Å². The van der Waals surface area contributed by atoms with Gasteiger partial charge in [-0.3, -0.25) is 4.79 Å². The predicted molar refractivity (Wildman–Crippen MR) is 84.5 cm³/mol. The summed E-state index contributed by atoms with van der Waals surface area (Å²) in [6.07, 6.45) is 0. The Labute approximate surface area is 132 Å². The molecule has 2 N–H and O–H groups in total. The van der Waals surface area contributed by atoms with Crippen LogP contribution in [0.5, 0.6) is 0 Å². The van der Waals surface area contributed by atoms with Gasteiger partial charge in [-0.1, -0.05) is 41.4 Å². The molecule has 0 aromatic heterocycles. The van der Waals surface area contributed by atoms with Crippen LogP contribution in [0.4, 0.5) is 15.8 Å². The fourth-order valence-electron chi connectivity index (χ4n) is 1.88. The van der Waals surface area contributed by atoms with Crippen molar-refractivity contribution in [3.05, 3.63) is 57.8 Å². The molecule has 0 aliphatic rings. The number of nitrogens with one attached hydrogen (secondary N) is 2. The van der Waals surface area contributed by atoms with Gasteiger partial charge in [0.25, 0.3) is 0 Å². The van der Waals surface area contributed by atoms with Gasteiger partial charge in [0.05, 0.1) is 15.7 Å². The number of hydrogen-bond donors (Lipinski definition) is 2. The molecular weight excluding hydrogens is 314 g/mol. The molecule has 0 saturated carbocycles. The van der Waals surface area contributed by atoms with Crippen LogP contribution < -0.4 is 10.6 Å². The van der Waals surface area contributed by atoms with Gasteiger partial charge in [-0.25, -0.2) is 4.39 Å². The molecule has 1 amide bonds. The summed E-state index contributed by atoms with van der Waals surface area (Å²) in [5.41, 5.74) is 2.02. The van der Waals surface area contributed by atoms with Crippen LogP contribution in [-0.2, 0) is 11.3 Å². The molecule has 0 aliphatic carbocycles. The van der Waals surface area contributed by atoms with Gasteiger partial charge < -0.3 is 10.6 Å². The fraction of sp³-hybridized carbons (Fsp3) is 0.133. The van der Waals surface area contributed by atoms with Crippen molar-refractivity contribution in [2.24, 2.45) is 0 Å². The van der Waals surface area contributed by atoms with E-state index in [-0.39, 0.29) is 16.0 Å². The average Bonchev–Trinajstić information content (AvgIpc) is 2.38. The lowest BCUT2D eigenvalue weighted by Crippen LogP contribution is -2.10. The SMILES string of the molecule is CC(=O)Nc1ccccc1CNc1c(Cl)cc(F)cc1Cl. The summed E-state index contributed by atoms with van der Waals surface area (Å²) in [7, 11) is 0. The Morgan fingerprint density at radius 2 is 1.81 bits per heavy atom. The van der Waals surface area contributed by atoms with Crippen LogP contribution in [0.15, 0.2) is 36.4 Å². The molecule has 2 aromatic rings. The molecule has 2 rings (SSSR count). The first kappa shape index (κ1) is 15.6. The van der Waals surface area contributed by atoms with Gasteiger partial charge in [-0.05, 0) is 23.8 Å². The lowest BCUT2D eigenvalue weighted by Gasteiger charge is -2.13. The van der Waals surface area contributed by atoms with Gasteiger partial charge >= 0.3 is 0 Å².